The van der Waals surface area contributed by atoms with Crippen LogP contribution in [0.15, 0.2) is 0 Å². The highest BCUT2D eigenvalue weighted by Crippen LogP contribution is 1.98. The first kappa shape index (κ1) is 14.9. The summed E-state index contributed by atoms with van der Waals surface area (Å²) in [5, 5.41) is 2.62. The molecule has 0 rings (SSSR count). The number of carbonyl (C=O) groups excluding carboxylic acids is 2. The standard InChI is InChI=1S/C12H23NO3/c1-5-6-7-11(14)13-10(4)12(15)16-8-9(2)3/h9-10H,5-8H2,1-4H3,(H,13,14). The monoisotopic (exact) mass is 229 g/mol. The van der Waals surface area contributed by atoms with Crippen molar-refractivity contribution < 1.29 is 14.3 Å². The van der Waals surface area contributed by atoms with Crippen LogP contribution in [0.25, 0.3) is 0 Å². The number of hydrogen-bond acceptors (Lipinski definition) is 3. The minimum atomic E-state index is -0.553. The quantitative estimate of drug-likeness (QED) is 0.678. The van der Waals surface area contributed by atoms with Gasteiger partial charge in [0.15, 0.2) is 0 Å². The van der Waals surface area contributed by atoms with E-state index in [0.717, 1.165) is 12.8 Å². The molecule has 0 aliphatic heterocycles. The number of amides is 1. The molecular formula is C12H23NO3. The van der Waals surface area contributed by atoms with E-state index >= 15 is 0 Å². The summed E-state index contributed by atoms with van der Waals surface area (Å²) in [6, 6.07) is -0.553. The smallest absolute Gasteiger partial charge is 0.328 e. The summed E-state index contributed by atoms with van der Waals surface area (Å²) in [6.45, 7) is 8.00. The Bertz CT molecular complexity index is 226. The van der Waals surface area contributed by atoms with Crippen LogP contribution in [0, 0.1) is 5.92 Å². The average Bonchev–Trinajstić information content (AvgIpc) is 2.22. The van der Waals surface area contributed by atoms with Crippen LogP contribution in [0.1, 0.15) is 47.0 Å². The molecule has 0 fully saturated rings. The molecule has 0 aliphatic carbocycles. The van der Waals surface area contributed by atoms with Crippen LogP contribution in [-0.2, 0) is 14.3 Å². The first-order valence-electron chi connectivity index (χ1n) is 5.93. The Morgan fingerprint density at radius 3 is 2.38 bits per heavy atom. The van der Waals surface area contributed by atoms with Crippen molar-refractivity contribution in [3.63, 3.8) is 0 Å². The zero-order valence-electron chi connectivity index (χ0n) is 10.7. The van der Waals surface area contributed by atoms with Crippen molar-refractivity contribution in [2.24, 2.45) is 5.92 Å². The molecule has 0 aromatic rings. The van der Waals surface area contributed by atoms with Gasteiger partial charge in [-0.05, 0) is 19.3 Å². The molecular weight excluding hydrogens is 206 g/mol. The van der Waals surface area contributed by atoms with E-state index in [9.17, 15) is 9.59 Å². The molecule has 16 heavy (non-hydrogen) atoms. The van der Waals surface area contributed by atoms with Gasteiger partial charge >= 0.3 is 5.97 Å². The maximum atomic E-state index is 11.4. The lowest BCUT2D eigenvalue weighted by atomic mass is 10.2. The van der Waals surface area contributed by atoms with E-state index in [1.54, 1.807) is 6.92 Å². The zero-order chi connectivity index (χ0) is 12.6. The molecule has 4 heteroatoms. The van der Waals surface area contributed by atoms with Crippen LogP contribution in [0.4, 0.5) is 0 Å². The first-order chi connectivity index (χ1) is 7.47. The van der Waals surface area contributed by atoms with Gasteiger partial charge in [-0.15, -0.1) is 0 Å². The third-order valence-electron chi connectivity index (χ3n) is 2.05. The number of esters is 1. The fraction of sp³-hybridized carbons (Fsp3) is 0.833. The number of rotatable bonds is 7. The Hall–Kier alpha value is -1.06. The van der Waals surface area contributed by atoms with Crippen LogP contribution in [-0.4, -0.2) is 24.5 Å². The molecule has 0 saturated carbocycles. The van der Waals surface area contributed by atoms with E-state index in [-0.39, 0.29) is 11.9 Å². The number of hydrogen-bond donors (Lipinski definition) is 1. The van der Waals surface area contributed by atoms with Gasteiger partial charge in [-0.25, -0.2) is 4.79 Å². The predicted octanol–water partition coefficient (Wildman–Crippen LogP) is 1.88. The lowest BCUT2D eigenvalue weighted by Gasteiger charge is -2.14. The summed E-state index contributed by atoms with van der Waals surface area (Å²) in [7, 11) is 0. The summed E-state index contributed by atoms with van der Waals surface area (Å²) in [5.74, 6) is -0.138. The second-order valence-electron chi connectivity index (χ2n) is 4.42. The van der Waals surface area contributed by atoms with Crippen molar-refractivity contribution >= 4 is 11.9 Å². The van der Waals surface area contributed by atoms with Crippen molar-refractivity contribution in [3.8, 4) is 0 Å². The number of ether oxygens (including phenoxy) is 1. The molecule has 0 bridgehead atoms. The van der Waals surface area contributed by atoms with Crippen molar-refractivity contribution in [1.29, 1.82) is 0 Å². The van der Waals surface area contributed by atoms with Crippen LogP contribution in [0.2, 0.25) is 0 Å². The van der Waals surface area contributed by atoms with E-state index in [4.69, 9.17) is 4.74 Å². The predicted molar refractivity (Wildman–Crippen MR) is 62.9 cm³/mol. The second kappa shape index (κ2) is 8.13. The molecule has 1 N–H and O–H groups in total. The molecule has 94 valence electrons. The molecule has 0 radical (unpaired) electrons. The highest BCUT2D eigenvalue weighted by molar-refractivity contribution is 5.84. The van der Waals surface area contributed by atoms with Crippen molar-refractivity contribution in [3.05, 3.63) is 0 Å². The van der Waals surface area contributed by atoms with Gasteiger partial charge in [-0.3, -0.25) is 4.79 Å². The number of carbonyl (C=O) groups is 2. The fourth-order valence-corrected chi connectivity index (χ4v) is 1.08. The van der Waals surface area contributed by atoms with Crippen LogP contribution >= 0.6 is 0 Å². The third kappa shape index (κ3) is 7.26. The van der Waals surface area contributed by atoms with Gasteiger partial charge in [-0.1, -0.05) is 27.2 Å². The lowest BCUT2D eigenvalue weighted by Crippen LogP contribution is -2.39. The van der Waals surface area contributed by atoms with E-state index in [1.165, 1.54) is 0 Å². The van der Waals surface area contributed by atoms with Gasteiger partial charge in [0.05, 0.1) is 6.61 Å². The maximum absolute atomic E-state index is 11.4. The summed E-state index contributed by atoms with van der Waals surface area (Å²) in [6.07, 6.45) is 2.29. The van der Waals surface area contributed by atoms with Crippen LogP contribution < -0.4 is 5.32 Å². The van der Waals surface area contributed by atoms with Gasteiger partial charge in [0.2, 0.25) is 5.91 Å². The highest BCUT2D eigenvalue weighted by Gasteiger charge is 2.16. The van der Waals surface area contributed by atoms with Crippen LogP contribution in [0.5, 0.6) is 0 Å². The van der Waals surface area contributed by atoms with Crippen molar-refractivity contribution in [2.75, 3.05) is 6.61 Å². The Labute approximate surface area is 97.7 Å². The first-order valence-corrected chi connectivity index (χ1v) is 5.93. The topological polar surface area (TPSA) is 55.4 Å². The lowest BCUT2D eigenvalue weighted by molar-refractivity contribution is -0.148. The molecule has 1 amide bonds. The van der Waals surface area contributed by atoms with Gasteiger partial charge in [0, 0.05) is 6.42 Å². The Balaban J connectivity index is 3.81. The van der Waals surface area contributed by atoms with Crippen molar-refractivity contribution in [2.45, 2.75) is 53.0 Å². The molecule has 1 unspecified atom stereocenters. The van der Waals surface area contributed by atoms with Crippen LogP contribution in [0.3, 0.4) is 0 Å². The molecule has 4 nitrogen and oxygen atoms in total. The fourth-order valence-electron chi connectivity index (χ4n) is 1.08. The van der Waals surface area contributed by atoms with Gasteiger partial charge in [0.1, 0.15) is 6.04 Å². The molecule has 0 aromatic heterocycles. The Morgan fingerprint density at radius 2 is 1.88 bits per heavy atom. The van der Waals surface area contributed by atoms with E-state index in [0.29, 0.717) is 18.9 Å². The third-order valence-corrected chi connectivity index (χ3v) is 2.05. The SMILES string of the molecule is CCCCC(=O)NC(C)C(=O)OCC(C)C. The Kier molecular flexibility index (Phi) is 7.60. The number of unbranched alkanes of at least 4 members (excludes halogenated alkanes) is 1. The largest absolute Gasteiger partial charge is 0.464 e. The number of nitrogens with one attached hydrogen (secondary N) is 1. The van der Waals surface area contributed by atoms with E-state index in [1.807, 2.05) is 20.8 Å². The van der Waals surface area contributed by atoms with Crippen molar-refractivity contribution in [1.82, 2.24) is 5.32 Å². The summed E-state index contributed by atoms with van der Waals surface area (Å²) in [4.78, 5) is 22.8. The highest BCUT2D eigenvalue weighted by atomic mass is 16.5. The molecule has 0 aromatic carbocycles. The minimum Gasteiger partial charge on any atom is -0.464 e. The van der Waals surface area contributed by atoms with E-state index < -0.39 is 6.04 Å². The Morgan fingerprint density at radius 1 is 1.25 bits per heavy atom. The molecule has 0 spiro atoms. The summed E-state index contributed by atoms with van der Waals surface area (Å²) >= 11 is 0. The average molecular weight is 229 g/mol. The summed E-state index contributed by atoms with van der Waals surface area (Å²) in [5.41, 5.74) is 0. The van der Waals surface area contributed by atoms with Gasteiger partial charge in [0.25, 0.3) is 0 Å². The zero-order valence-corrected chi connectivity index (χ0v) is 10.7. The normalized spacial score (nSPS) is 12.3. The molecule has 0 saturated heterocycles. The second-order valence-corrected chi connectivity index (χ2v) is 4.42. The van der Waals surface area contributed by atoms with E-state index in [2.05, 4.69) is 5.32 Å². The molecule has 0 heterocycles. The van der Waals surface area contributed by atoms with Gasteiger partial charge < -0.3 is 10.1 Å². The minimum absolute atomic E-state index is 0.0872. The summed E-state index contributed by atoms with van der Waals surface area (Å²) < 4.78 is 5.02. The molecule has 0 aliphatic rings. The maximum Gasteiger partial charge on any atom is 0.328 e. The molecule has 1 atom stereocenters. The van der Waals surface area contributed by atoms with Gasteiger partial charge in [-0.2, -0.15) is 0 Å².